The van der Waals surface area contributed by atoms with E-state index in [1.54, 1.807) is 13.0 Å². The van der Waals surface area contributed by atoms with Crippen molar-refractivity contribution in [2.24, 2.45) is 0 Å². The van der Waals surface area contributed by atoms with Crippen LogP contribution in [-0.4, -0.2) is 21.1 Å². The number of thiophene rings is 1. The molecule has 0 saturated heterocycles. The van der Waals surface area contributed by atoms with Gasteiger partial charge in [0, 0.05) is 15.6 Å². The van der Waals surface area contributed by atoms with Crippen molar-refractivity contribution >= 4 is 37.2 Å². The van der Waals surface area contributed by atoms with Crippen molar-refractivity contribution in [2.45, 2.75) is 17.7 Å². The van der Waals surface area contributed by atoms with Crippen molar-refractivity contribution in [3.8, 4) is 0 Å². The number of ether oxygens (including phenoxy) is 1. The minimum absolute atomic E-state index is 0.0647. The van der Waals surface area contributed by atoms with Gasteiger partial charge in [-0.2, -0.15) is 0 Å². The largest absolute Gasteiger partial charge is 0.450 e. The molecule has 0 saturated carbocycles. The second-order valence-electron chi connectivity index (χ2n) is 2.73. The van der Waals surface area contributed by atoms with Gasteiger partial charge >= 0.3 is 6.09 Å². The van der Waals surface area contributed by atoms with Gasteiger partial charge in [-0.3, -0.25) is 0 Å². The number of carbonyl (C=O) groups excluding carboxylic acids is 1. The number of hydrogen-bond acceptors (Lipinski definition) is 5. The summed E-state index contributed by atoms with van der Waals surface area (Å²) in [6.45, 7) is 2.20. The van der Waals surface area contributed by atoms with E-state index in [4.69, 9.17) is 10.7 Å². The third kappa shape index (κ3) is 3.99. The Morgan fingerprint density at radius 1 is 1.56 bits per heavy atom. The summed E-state index contributed by atoms with van der Waals surface area (Å²) >= 11 is 1.01. The summed E-state index contributed by atoms with van der Waals surface area (Å²) in [4.78, 5) is 11.6. The molecule has 90 valence electrons. The molecule has 1 N–H and O–H groups in total. The number of alkyl carbamates (subject to hydrolysis) is 1. The number of hydrogen-bond donors (Lipinski definition) is 1. The molecule has 0 aromatic carbocycles. The maximum absolute atomic E-state index is 11.0. The van der Waals surface area contributed by atoms with Gasteiger partial charge in [0.2, 0.25) is 0 Å². The van der Waals surface area contributed by atoms with Crippen molar-refractivity contribution < 1.29 is 17.9 Å². The maximum Gasteiger partial charge on any atom is 0.407 e. The fraction of sp³-hybridized carbons (Fsp3) is 0.375. The van der Waals surface area contributed by atoms with E-state index in [1.807, 2.05) is 0 Å². The van der Waals surface area contributed by atoms with E-state index in [2.05, 4.69) is 10.1 Å². The van der Waals surface area contributed by atoms with Gasteiger partial charge in [0.05, 0.1) is 13.2 Å². The smallest absolute Gasteiger partial charge is 0.407 e. The molecule has 0 unspecified atom stereocenters. The van der Waals surface area contributed by atoms with Crippen molar-refractivity contribution in [1.29, 1.82) is 0 Å². The zero-order chi connectivity index (χ0) is 12.2. The highest BCUT2D eigenvalue weighted by molar-refractivity contribution is 8.15. The van der Waals surface area contributed by atoms with Gasteiger partial charge in [0.1, 0.15) is 4.21 Å². The first-order valence-corrected chi connectivity index (χ1v) is 7.50. The Balaban J connectivity index is 2.57. The Labute approximate surface area is 102 Å². The highest BCUT2D eigenvalue weighted by Gasteiger charge is 2.13. The molecular weight excluding hydrogens is 274 g/mol. The highest BCUT2D eigenvalue weighted by atomic mass is 35.7. The summed E-state index contributed by atoms with van der Waals surface area (Å²) in [5.74, 6) is 0. The van der Waals surface area contributed by atoms with E-state index in [9.17, 15) is 13.2 Å². The van der Waals surface area contributed by atoms with Crippen molar-refractivity contribution in [3.63, 3.8) is 0 Å². The highest BCUT2D eigenvalue weighted by Crippen LogP contribution is 2.24. The van der Waals surface area contributed by atoms with Gasteiger partial charge in [-0.05, 0) is 19.1 Å². The molecule has 1 amide bonds. The van der Waals surface area contributed by atoms with Gasteiger partial charge in [-0.15, -0.1) is 11.3 Å². The van der Waals surface area contributed by atoms with E-state index >= 15 is 0 Å². The van der Waals surface area contributed by atoms with Crippen LogP contribution in [0.1, 0.15) is 11.8 Å². The molecule has 0 aliphatic heterocycles. The molecule has 0 aliphatic carbocycles. The fourth-order valence-corrected chi connectivity index (χ4v) is 2.99. The Kier molecular flexibility index (Phi) is 4.57. The summed E-state index contributed by atoms with van der Waals surface area (Å²) in [5, 5.41) is 2.48. The summed E-state index contributed by atoms with van der Waals surface area (Å²) in [6.07, 6.45) is -0.536. The first-order valence-electron chi connectivity index (χ1n) is 4.37. The summed E-state index contributed by atoms with van der Waals surface area (Å²) in [7, 11) is 1.47. The summed E-state index contributed by atoms with van der Waals surface area (Å²) < 4.78 is 26.6. The molecule has 1 aromatic heterocycles. The van der Waals surface area contributed by atoms with Crippen LogP contribution in [0.5, 0.6) is 0 Å². The van der Waals surface area contributed by atoms with Gasteiger partial charge < -0.3 is 10.1 Å². The lowest BCUT2D eigenvalue weighted by atomic mass is 10.5. The van der Waals surface area contributed by atoms with Crippen LogP contribution in [0.4, 0.5) is 4.79 Å². The van der Waals surface area contributed by atoms with Crippen LogP contribution in [-0.2, 0) is 20.3 Å². The molecule has 0 aliphatic rings. The normalized spacial score (nSPS) is 11.1. The van der Waals surface area contributed by atoms with E-state index in [0.29, 0.717) is 4.88 Å². The summed E-state index contributed by atoms with van der Waals surface area (Å²) in [6, 6.07) is 2.99. The lowest BCUT2D eigenvalue weighted by Gasteiger charge is -2.02. The monoisotopic (exact) mass is 283 g/mol. The molecule has 5 nitrogen and oxygen atoms in total. The van der Waals surface area contributed by atoms with Crippen LogP contribution in [0.2, 0.25) is 0 Å². The first-order chi connectivity index (χ1) is 7.43. The number of rotatable bonds is 4. The third-order valence-electron chi connectivity index (χ3n) is 1.56. The number of nitrogens with one attached hydrogen (secondary N) is 1. The van der Waals surface area contributed by atoms with Gasteiger partial charge in [0.15, 0.2) is 0 Å². The van der Waals surface area contributed by atoms with E-state index in [1.165, 1.54) is 6.07 Å². The molecule has 0 atom stereocenters. The second-order valence-corrected chi connectivity index (χ2v) is 6.69. The van der Waals surface area contributed by atoms with Crippen molar-refractivity contribution in [1.82, 2.24) is 5.32 Å². The molecule has 8 heteroatoms. The molecule has 0 spiro atoms. The molecule has 1 rings (SSSR count). The molecule has 0 radical (unpaired) electrons. The van der Waals surface area contributed by atoms with Crippen molar-refractivity contribution in [2.75, 3.05) is 6.61 Å². The Hall–Kier alpha value is -0.790. The molecule has 0 fully saturated rings. The Morgan fingerprint density at radius 3 is 2.75 bits per heavy atom. The fourth-order valence-electron chi connectivity index (χ4n) is 0.926. The summed E-state index contributed by atoms with van der Waals surface area (Å²) in [5.41, 5.74) is 0. The average molecular weight is 284 g/mol. The predicted molar refractivity (Wildman–Crippen MR) is 61.2 cm³/mol. The standard InChI is InChI=1S/C8H10ClNO4S2/c1-2-14-8(11)10-5-6-3-4-7(15-6)16(9,12)13/h3-4H,2,5H2,1H3,(H,10,11). The number of amides is 1. The first kappa shape index (κ1) is 13.3. The zero-order valence-electron chi connectivity index (χ0n) is 8.40. The van der Waals surface area contributed by atoms with E-state index in [-0.39, 0.29) is 17.4 Å². The Bertz CT molecular complexity index is 468. The van der Waals surface area contributed by atoms with Gasteiger partial charge in [-0.1, -0.05) is 0 Å². The van der Waals surface area contributed by atoms with Crippen LogP contribution in [0.25, 0.3) is 0 Å². The minimum atomic E-state index is -3.68. The quantitative estimate of drug-likeness (QED) is 0.857. The van der Waals surface area contributed by atoms with Crippen LogP contribution in [0.3, 0.4) is 0 Å². The molecule has 1 aromatic rings. The SMILES string of the molecule is CCOC(=O)NCc1ccc(S(=O)(=O)Cl)s1. The molecule has 1 heterocycles. The van der Waals surface area contributed by atoms with Crippen LogP contribution in [0.15, 0.2) is 16.3 Å². The molecule has 16 heavy (non-hydrogen) atoms. The van der Waals surface area contributed by atoms with E-state index in [0.717, 1.165) is 11.3 Å². The Morgan fingerprint density at radius 2 is 2.25 bits per heavy atom. The van der Waals surface area contributed by atoms with Gasteiger partial charge in [0.25, 0.3) is 9.05 Å². The van der Waals surface area contributed by atoms with Crippen molar-refractivity contribution in [3.05, 3.63) is 17.0 Å². The second kappa shape index (κ2) is 5.51. The predicted octanol–water partition coefficient (Wildman–Crippen LogP) is 1.92. The lowest BCUT2D eigenvalue weighted by molar-refractivity contribution is 0.152. The molecular formula is C8H10ClNO4S2. The number of halogens is 1. The average Bonchev–Trinajstić information content (AvgIpc) is 2.63. The minimum Gasteiger partial charge on any atom is -0.450 e. The van der Waals surface area contributed by atoms with Crippen LogP contribution < -0.4 is 5.32 Å². The van der Waals surface area contributed by atoms with Crippen LogP contribution in [0, 0.1) is 0 Å². The maximum atomic E-state index is 11.0. The van der Waals surface area contributed by atoms with Crippen LogP contribution >= 0.6 is 22.0 Å². The number of carbonyl (C=O) groups is 1. The zero-order valence-corrected chi connectivity index (χ0v) is 10.8. The lowest BCUT2D eigenvalue weighted by Crippen LogP contribution is -2.23. The van der Waals surface area contributed by atoms with Gasteiger partial charge in [-0.25, -0.2) is 13.2 Å². The topological polar surface area (TPSA) is 72.5 Å². The van der Waals surface area contributed by atoms with E-state index < -0.39 is 15.1 Å². The molecule has 0 bridgehead atoms. The third-order valence-corrected chi connectivity index (χ3v) is 4.74.